The van der Waals surface area contributed by atoms with Crippen LogP contribution in [-0.2, 0) is 11.2 Å². The number of para-hydroxylation sites is 1. The van der Waals surface area contributed by atoms with Crippen LogP contribution in [0.3, 0.4) is 0 Å². The largest absolute Gasteiger partial charge is 0.481 e. The summed E-state index contributed by atoms with van der Waals surface area (Å²) in [7, 11) is 0. The second-order valence-corrected chi connectivity index (χ2v) is 3.33. The third-order valence-corrected chi connectivity index (χ3v) is 2.00. The number of nitrogens with zero attached hydrogens (tertiary/aromatic N) is 2. The lowest BCUT2D eigenvalue weighted by molar-refractivity contribution is -0.136. The smallest absolute Gasteiger partial charge is 0.309 e. The standard InChI is InChI=1S/C12H10N2O3/c15-12(16)7-9-6-11(14-8-13-9)17-10-4-2-1-3-5-10/h1-6,8H,7H2,(H,15,16). The van der Waals surface area contributed by atoms with E-state index in [-0.39, 0.29) is 6.42 Å². The molecule has 1 aromatic heterocycles. The van der Waals surface area contributed by atoms with E-state index in [0.29, 0.717) is 17.3 Å². The topological polar surface area (TPSA) is 72.3 Å². The fourth-order valence-electron chi connectivity index (χ4n) is 1.29. The summed E-state index contributed by atoms with van der Waals surface area (Å²) < 4.78 is 5.46. The van der Waals surface area contributed by atoms with Gasteiger partial charge in [-0.1, -0.05) is 18.2 Å². The second-order valence-electron chi connectivity index (χ2n) is 3.33. The Morgan fingerprint density at radius 3 is 2.71 bits per heavy atom. The molecular formula is C12H10N2O3. The van der Waals surface area contributed by atoms with Crippen molar-refractivity contribution in [1.82, 2.24) is 9.97 Å². The molecule has 0 unspecified atom stereocenters. The lowest BCUT2D eigenvalue weighted by atomic mass is 10.3. The minimum absolute atomic E-state index is 0.145. The SMILES string of the molecule is O=C(O)Cc1cc(Oc2ccccc2)ncn1. The average Bonchev–Trinajstić information content (AvgIpc) is 2.30. The monoisotopic (exact) mass is 230 g/mol. The average molecular weight is 230 g/mol. The lowest BCUT2D eigenvalue weighted by Gasteiger charge is -2.04. The van der Waals surface area contributed by atoms with E-state index in [9.17, 15) is 4.79 Å². The zero-order valence-corrected chi connectivity index (χ0v) is 8.91. The first-order valence-electron chi connectivity index (χ1n) is 4.99. The zero-order valence-electron chi connectivity index (χ0n) is 8.91. The van der Waals surface area contributed by atoms with Crippen molar-refractivity contribution in [3.63, 3.8) is 0 Å². The van der Waals surface area contributed by atoms with Crippen LogP contribution < -0.4 is 4.74 Å². The maximum Gasteiger partial charge on any atom is 0.309 e. The summed E-state index contributed by atoms with van der Waals surface area (Å²) in [6.45, 7) is 0. The van der Waals surface area contributed by atoms with Crippen LogP contribution in [0, 0.1) is 0 Å². The molecule has 0 radical (unpaired) electrons. The molecule has 86 valence electrons. The van der Waals surface area contributed by atoms with Gasteiger partial charge in [0, 0.05) is 6.07 Å². The fraction of sp³-hybridized carbons (Fsp3) is 0.0833. The Bertz CT molecular complexity index is 514. The Hall–Kier alpha value is -2.43. The highest BCUT2D eigenvalue weighted by Crippen LogP contribution is 2.18. The van der Waals surface area contributed by atoms with Crippen LogP contribution in [0.25, 0.3) is 0 Å². The van der Waals surface area contributed by atoms with Crippen LogP contribution in [0.2, 0.25) is 0 Å². The predicted molar refractivity (Wildman–Crippen MR) is 59.9 cm³/mol. The van der Waals surface area contributed by atoms with Gasteiger partial charge in [0.25, 0.3) is 0 Å². The van der Waals surface area contributed by atoms with Crippen LogP contribution >= 0.6 is 0 Å². The molecule has 2 rings (SSSR count). The lowest BCUT2D eigenvalue weighted by Crippen LogP contribution is -2.03. The minimum atomic E-state index is -0.936. The van der Waals surface area contributed by atoms with E-state index < -0.39 is 5.97 Å². The first-order valence-corrected chi connectivity index (χ1v) is 4.99. The van der Waals surface area contributed by atoms with Crippen molar-refractivity contribution in [2.24, 2.45) is 0 Å². The second kappa shape index (κ2) is 5.07. The van der Waals surface area contributed by atoms with Gasteiger partial charge < -0.3 is 9.84 Å². The number of carboxylic acid groups (broad SMARTS) is 1. The summed E-state index contributed by atoms with van der Waals surface area (Å²) in [6.07, 6.45) is 1.14. The molecule has 0 aliphatic carbocycles. The van der Waals surface area contributed by atoms with Gasteiger partial charge in [-0.05, 0) is 12.1 Å². The molecule has 0 saturated heterocycles. The third kappa shape index (κ3) is 3.27. The highest BCUT2D eigenvalue weighted by molar-refractivity contribution is 5.69. The van der Waals surface area contributed by atoms with Gasteiger partial charge in [0.2, 0.25) is 5.88 Å². The summed E-state index contributed by atoms with van der Waals surface area (Å²) in [6, 6.07) is 10.7. The van der Waals surface area contributed by atoms with Crippen molar-refractivity contribution in [2.75, 3.05) is 0 Å². The van der Waals surface area contributed by atoms with Gasteiger partial charge in [-0.2, -0.15) is 0 Å². The molecule has 17 heavy (non-hydrogen) atoms. The minimum Gasteiger partial charge on any atom is -0.481 e. The van der Waals surface area contributed by atoms with Gasteiger partial charge in [0.15, 0.2) is 0 Å². The van der Waals surface area contributed by atoms with E-state index >= 15 is 0 Å². The van der Waals surface area contributed by atoms with Gasteiger partial charge in [0.05, 0.1) is 12.1 Å². The van der Waals surface area contributed by atoms with E-state index in [4.69, 9.17) is 9.84 Å². The molecule has 5 heteroatoms. The molecule has 5 nitrogen and oxygen atoms in total. The normalized spacial score (nSPS) is 9.88. The van der Waals surface area contributed by atoms with Crippen molar-refractivity contribution in [1.29, 1.82) is 0 Å². The highest BCUT2D eigenvalue weighted by atomic mass is 16.5. The van der Waals surface area contributed by atoms with E-state index in [1.165, 1.54) is 12.4 Å². The molecule has 0 bridgehead atoms. The molecule has 0 fully saturated rings. The molecule has 1 aromatic carbocycles. The number of benzene rings is 1. The van der Waals surface area contributed by atoms with Crippen molar-refractivity contribution in [3.8, 4) is 11.6 Å². The van der Waals surface area contributed by atoms with Gasteiger partial charge in [-0.3, -0.25) is 4.79 Å². The molecule has 2 aromatic rings. The highest BCUT2D eigenvalue weighted by Gasteiger charge is 2.05. The van der Waals surface area contributed by atoms with Crippen LogP contribution in [-0.4, -0.2) is 21.0 Å². The van der Waals surface area contributed by atoms with Crippen molar-refractivity contribution in [3.05, 3.63) is 48.4 Å². The summed E-state index contributed by atoms with van der Waals surface area (Å²) >= 11 is 0. The molecule has 0 aliphatic heterocycles. The Morgan fingerprint density at radius 1 is 1.24 bits per heavy atom. The van der Waals surface area contributed by atoms with Crippen LogP contribution in [0.1, 0.15) is 5.69 Å². The van der Waals surface area contributed by atoms with Gasteiger partial charge >= 0.3 is 5.97 Å². The molecule has 1 N–H and O–H groups in total. The number of aromatic nitrogens is 2. The van der Waals surface area contributed by atoms with Crippen LogP contribution in [0.4, 0.5) is 0 Å². The number of rotatable bonds is 4. The van der Waals surface area contributed by atoms with E-state index in [1.54, 1.807) is 12.1 Å². The van der Waals surface area contributed by atoms with Crippen molar-refractivity contribution >= 4 is 5.97 Å². The first kappa shape index (κ1) is 11.1. The summed E-state index contributed by atoms with van der Waals surface area (Å²) in [5.74, 6) is 0.0456. The number of aliphatic carboxylic acids is 1. The van der Waals surface area contributed by atoms with Gasteiger partial charge in [-0.15, -0.1) is 0 Å². The Balaban J connectivity index is 2.14. The summed E-state index contributed by atoms with van der Waals surface area (Å²) in [5.41, 5.74) is 0.415. The zero-order chi connectivity index (χ0) is 12.1. The van der Waals surface area contributed by atoms with Gasteiger partial charge in [0.1, 0.15) is 12.1 Å². The fourth-order valence-corrected chi connectivity index (χ4v) is 1.29. The number of carbonyl (C=O) groups is 1. The molecule has 0 spiro atoms. The number of hydrogen-bond acceptors (Lipinski definition) is 4. The van der Waals surface area contributed by atoms with E-state index in [0.717, 1.165) is 0 Å². The maximum absolute atomic E-state index is 10.5. The molecule has 1 heterocycles. The third-order valence-electron chi connectivity index (χ3n) is 2.00. The summed E-state index contributed by atoms with van der Waals surface area (Å²) in [4.78, 5) is 18.3. The van der Waals surface area contributed by atoms with Crippen molar-refractivity contribution in [2.45, 2.75) is 6.42 Å². The number of hydrogen-bond donors (Lipinski definition) is 1. The number of carboxylic acids is 1. The Morgan fingerprint density at radius 2 is 2.00 bits per heavy atom. The Labute approximate surface area is 97.7 Å². The molecule has 0 aliphatic rings. The molecule has 0 atom stereocenters. The predicted octanol–water partition coefficient (Wildman–Crippen LogP) is 1.90. The first-order chi connectivity index (χ1) is 8.24. The van der Waals surface area contributed by atoms with Gasteiger partial charge in [-0.25, -0.2) is 9.97 Å². The summed E-state index contributed by atoms with van der Waals surface area (Å²) in [5, 5.41) is 8.65. The van der Waals surface area contributed by atoms with Crippen molar-refractivity contribution < 1.29 is 14.6 Å². The molecule has 0 amide bonds. The van der Waals surface area contributed by atoms with Crippen LogP contribution in [0.5, 0.6) is 11.6 Å². The quantitative estimate of drug-likeness (QED) is 0.868. The molecular weight excluding hydrogens is 220 g/mol. The van der Waals surface area contributed by atoms with E-state index in [2.05, 4.69) is 9.97 Å². The van der Waals surface area contributed by atoms with E-state index in [1.807, 2.05) is 18.2 Å². The Kier molecular flexibility index (Phi) is 3.30. The molecule has 0 saturated carbocycles. The van der Waals surface area contributed by atoms with Crippen LogP contribution in [0.15, 0.2) is 42.7 Å². The number of ether oxygens (including phenoxy) is 1. The maximum atomic E-state index is 10.5.